The molecule has 2 N–H and O–H groups in total. The minimum absolute atomic E-state index is 0.291. The highest BCUT2D eigenvalue weighted by Crippen LogP contribution is 2.30. The Balaban J connectivity index is 2.03. The molecule has 0 aromatic heterocycles. The summed E-state index contributed by atoms with van der Waals surface area (Å²) >= 11 is 0. The molecule has 1 amide bonds. The summed E-state index contributed by atoms with van der Waals surface area (Å²) in [7, 11) is 0. The number of amides is 1. The van der Waals surface area contributed by atoms with E-state index in [2.05, 4.69) is 5.32 Å². The highest BCUT2D eigenvalue weighted by molar-refractivity contribution is 5.81. The summed E-state index contributed by atoms with van der Waals surface area (Å²) in [5, 5.41) is 13.0. The standard InChI is InChI=1S/C16H20F3NO3/c1-2-12(20-15(22)13-4-3-9-23-13)14(21)10-5-7-11(8-6-10)16(17,18)19/h5-8,12-14,21H,2-4,9H2,1H3,(H,20,22)/t12-,13-,14-/m0/s1. The van der Waals surface area contributed by atoms with Gasteiger partial charge in [-0.05, 0) is 37.0 Å². The van der Waals surface area contributed by atoms with Gasteiger partial charge in [-0.15, -0.1) is 0 Å². The van der Waals surface area contributed by atoms with Gasteiger partial charge in [-0.2, -0.15) is 13.2 Å². The molecule has 7 heteroatoms. The molecule has 0 radical (unpaired) electrons. The second-order valence-corrected chi connectivity index (χ2v) is 5.59. The number of nitrogens with one attached hydrogen (secondary N) is 1. The van der Waals surface area contributed by atoms with Gasteiger partial charge >= 0.3 is 6.18 Å². The van der Waals surface area contributed by atoms with Gasteiger partial charge in [0.2, 0.25) is 5.91 Å². The third kappa shape index (κ3) is 4.45. The van der Waals surface area contributed by atoms with E-state index in [-0.39, 0.29) is 5.91 Å². The average molecular weight is 331 g/mol. The van der Waals surface area contributed by atoms with Gasteiger partial charge in [-0.25, -0.2) is 0 Å². The van der Waals surface area contributed by atoms with Crippen LogP contribution in [0, 0.1) is 0 Å². The maximum atomic E-state index is 12.6. The number of hydrogen-bond acceptors (Lipinski definition) is 3. The van der Waals surface area contributed by atoms with Crippen LogP contribution in [0.2, 0.25) is 0 Å². The van der Waals surface area contributed by atoms with E-state index in [0.29, 0.717) is 25.0 Å². The molecular formula is C16H20F3NO3. The van der Waals surface area contributed by atoms with E-state index in [1.807, 2.05) is 0 Å². The largest absolute Gasteiger partial charge is 0.416 e. The van der Waals surface area contributed by atoms with Crippen molar-refractivity contribution in [2.24, 2.45) is 0 Å². The Morgan fingerprint density at radius 2 is 2.04 bits per heavy atom. The molecule has 3 atom stereocenters. The first-order chi connectivity index (χ1) is 10.8. The van der Waals surface area contributed by atoms with Crippen LogP contribution >= 0.6 is 0 Å². The number of rotatable bonds is 5. The molecule has 1 aromatic rings. The third-order valence-electron chi connectivity index (χ3n) is 3.95. The Labute approximate surface area is 132 Å². The number of ether oxygens (including phenoxy) is 1. The van der Waals surface area contributed by atoms with Crippen LogP contribution in [0.25, 0.3) is 0 Å². The van der Waals surface area contributed by atoms with Gasteiger partial charge in [0, 0.05) is 6.61 Å². The van der Waals surface area contributed by atoms with Gasteiger partial charge < -0.3 is 15.2 Å². The lowest BCUT2D eigenvalue weighted by Crippen LogP contribution is -2.43. The summed E-state index contributed by atoms with van der Waals surface area (Å²) in [6.07, 6.45) is -4.10. The van der Waals surface area contributed by atoms with Crippen molar-refractivity contribution in [3.63, 3.8) is 0 Å². The first-order valence-corrected chi connectivity index (χ1v) is 7.60. The normalized spacial score (nSPS) is 21.0. The van der Waals surface area contributed by atoms with Crippen molar-refractivity contribution >= 4 is 5.91 Å². The van der Waals surface area contributed by atoms with Crippen LogP contribution in [0.15, 0.2) is 24.3 Å². The molecule has 0 aliphatic carbocycles. The van der Waals surface area contributed by atoms with Gasteiger partial charge in [0.1, 0.15) is 6.10 Å². The van der Waals surface area contributed by atoms with Crippen molar-refractivity contribution < 1.29 is 27.8 Å². The third-order valence-corrected chi connectivity index (χ3v) is 3.95. The molecule has 0 saturated carbocycles. The molecule has 4 nitrogen and oxygen atoms in total. The number of aliphatic hydroxyl groups excluding tert-OH is 1. The van der Waals surface area contributed by atoms with E-state index >= 15 is 0 Å². The predicted octanol–water partition coefficient (Wildman–Crippen LogP) is 2.81. The molecular weight excluding hydrogens is 311 g/mol. The van der Waals surface area contributed by atoms with E-state index in [1.54, 1.807) is 6.92 Å². The van der Waals surface area contributed by atoms with Crippen molar-refractivity contribution in [3.8, 4) is 0 Å². The van der Waals surface area contributed by atoms with E-state index in [4.69, 9.17) is 4.74 Å². The SMILES string of the molecule is CC[C@H](NC(=O)[C@@H]1CCCO1)[C@@H](O)c1ccc(C(F)(F)F)cc1. The van der Waals surface area contributed by atoms with Crippen molar-refractivity contribution in [3.05, 3.63) is 35.4 Å². The Morgan fingerprint density at radius 1 is 1.39 bits per heavy atom. The molecule has 1 aliphatic heterocycles. The van der Waals surface area contributed by atoms with E-state index in [1.165, 1.54) is 12.1 Å². The smallest absolute Gasteiger partial charge is 0.386 e. The molecule has 0 spiro atoms. The van der Waals surface area contributed by atoms with Crippen LogP contribution in [-0.4, -0.2) is 29.8 Å². The molecule has 1 saturated heterocycles. The number of carbonyl (C=O) groups is 1. The maximum absolute atomic E-state index is 12.6. The number of benzene rings is 1. The molecule has 2 rings (SSSR count). The highest BCUT2D eigenvalue weighted by Gasteiger charge is 2.31. The molecule has 1 heterocycles. The molecule has 1 aliphatic rings. The fraction of sp³-hybridized carbons (Fsp3) is 0.562. The second kappa shape index (κ2) is 7.31. The second-order valence-electron chi connectivity index (χ2n) is 5.59. The fourth-order valence-electron chi connectivity index (χ4n) is 2.57. The Bertz CT molecular complexity index is 524. The molecule has 0 bridgehead atoms. The van der Waals surface area contributed by atoms with Crippen LogP contribution in [-0.2, 0) is 15.7 Å². The zero-order valence-electron chi connectivity index (χ0n) is 12.8. The van der Waals surface area contributed by atoms with Crippen LogP contribution < -0.4 is 5.32 Å². The quantitative estimate of drug-likeness (QED) is 0.872. The van der Waals surface area contributed by atoms with Crippen molar-refractivity contribution in [1.82, 2.24) is 5.32 Å². The number of hydrogen-bond donors (Lipinski definition) is 2. The van der Waals surface area contributed by atoms with E-state index < -0.39 is 30.0 Å². The van der Waals surface area contributed by atoms with Crippen molar-refractivity contribution in [1.29, 1.82) is 0 Å². The van der Waals surface area contributed by atoms with Gasteiger partial charge in [0.15, 0.2) is 0 Å². The number of carbonyl (C=O) groups excluding carboxylic acids is 1. The van der Waals surface area contributed by atoms with Gasteiger partial charge in [0.25, 0.3) is 0 Å². The van der Waals surface area contributed by atoms with Crippen molar-refractivity contribution in [2.45, 2.75) is 50.6 Å². The Morgan fingerprint density at radius 3 is 2.52 bits per heavy atom. The lowest BCUT2D eigenvalue weighted by Gasteiger charge is -2.25. The van der Waals surface area contributed by atoms with Crippen LogP contribution in [0.1, 0.15) is 43.4 Å². The fourth-order valence-corrected chi connectivity index (χ4v) is 2.57. The predicted molar refractivity (Wildman–Crippen MR) is 77.6 cm³/mol. The lowest BCUT2D eigenvalue weighted by molar-refractivity contribution is -0.137. The molecule has 0 unspecified atom stereocenters. The molecule has 1 fully saturated rings. The summed E-state index contributed by atoms with van der Waals surface area (Å²) in [5.41, 5.74) is -0.442. The van der Waals surface area contributed by atoms with Crippen LogP contribution in [0.5, 0.6) is 0 Å². The highest BCUT2D eigenvalue weighted by atomic mass is 19.4. The lowest BCUT2D eigenvalue weighted by atomic mass is 9.98. The number of alkyl halides is 3. The van der Waals surface area contributed by atoms with Crippen LogP contribution in [0.3, 0.4) is 0 Å². The van der Waals surface area contributed by atoms with Gasteiger partial charge in [-0.1, -0.05) is 19.1 Å². The first-order valence-electron chi connectivity index (χ1n) is 7.60. The Hall–Kier alpha value is -1.60. The minimum atomic E-state index is -4.42. The van der Waals surface area contributed by atoms with E-state index in [0.717, 1.165) is 18.6 Å². The topological polar surface area (TPSA) is 58.6 Å². The van der Waals surface area contributed by atoms with Gasteiger partial charge in [-0.3, -0.25) is 4.79 Å². The summed E-state index contributed by atoms with van der Waals surface area (Å²) in [6, 6.07) is 3.73. The minimum Gasteiger partial charge on any atom is -0.386 e. The molecule has 1 aromatic carbocycles. The summed E-state index contributed by atoms with van der Waals surface area (Å²) in [6.45, 7) is 2.32. The average Bonchev–Trinajstić information content (AvgIpc) is 3.05. The monoisotopic (exact) mass is 331 g/mol. The summed E-state index contributed by atoms with van der Waals surface area (Å²) < 4.78 is 43.0. The number of aliphatic hydroxyl groups is 1. The summed E-state index contributed by atoms with van der Waals surface area (Å²) in [4.78, 5) is 12.0. The van der Waals surface area contributed by atoms with E-state index in [9.17, 15) is 23.1 Å². The van der Waals surface area contributed by atoms with Gasteiger partial charge in [0.05, 0.1) is 17.7 Å². The van der Waals surface area contributed by atoms with Crippen LogP contribution in [0.4, 0.5) is 13.2 Å². The van der Waals surface area contributed by atoms with Crippen molar-refractivity contribution in [2.75, 3.05) is 6.61 Å². The Kier molecular flexibility index (Phi) is 5.64. The zero-order chi connectivity index (χ0) is 17.0. The number of halogens is 3. The maximum Gasteiger partial charge on any atom is 0.416 e. The summed E-state index contributed by atoms with van der Waals surface area (Å²) in [5.74, 6) is -0.291. The molecule has 128 valence electrons. The first kappa shape index (κ1) is 17.7. The molecule has 23 heavy (non-hydrogen) atoms. The zero-order valence-corrected chi connectivity index (χ0v) is 12.8.